The predicted octanol–water partition coefficient (Wildman–Crippen LogP) is 4.17. The molecule has 1 aliphatic carbocycles. The Labute approximate surface area is 116 Å². The number of allylic oxidation sites excluding steroid dienone is 6. The normalized spacial score (nSPS) is 19.4. The third kappa shape index (κ3) is 4.98. The van der Waals surface area contributed by atoms with E-state index in [4.69, 9.17) is 0 Å². The Hall–Kier alpha value is -1.44. The lowest BCUT2D eigenvalue weighted by atomic mass is 9.72. The van der Waals surface area contributed by atoms with Crippen molar-refractivity contribution in [1.29, 1.82) is 0 Å². The van der Waals surface area contributed by atoms with Crippen LogP contribution < -0.4 is 0 Å². The highest BCUT2D eigenvalue weighted by atomic mass is 16.1. The van der Waals surface area contributed by atoms with Crippen LogP contribution in [-0.4, -0.2) is 11.6 Å². The molecule has 0 aromatic rings. The highest BCUT2D eigenvalue weighted by Gasteiger charge is 2.26. The summed E-state index contributed by atoms with van der Waals surface area (Å²) >= 11 is 0. The summed E-state index contributed by atoms with van der Waals surface area (Å²) in [7, 11) is 0. The Morgan fingerprint density at radius 2 is 1.95 bits per heavy atom. The van der Waals surface area contributed by atoms with E-state index in [0.717, 1.165) is 6.42 Å². The first-order chi connectivity index (χ1) is 8.83. The predicted molar refractivity (Wildman–Crippen MR) is 78.9 cm³/mol. The molecule has 0 aromatic heterocycles. The Kier molecular flexibility index (Phi) is 5.46. The fourth-order valence-corrected chi connectivity index (χ4v) is 2.57. The van der Waals surface area contributed by atoms with Gasteiger partial charge in [0.25, 0.3) is 0 Å². The first-order valence-electron chi connectivity index (χ1n) is 6.91. The van der Waals surface area contributed by atoms with Gasteiger partial charge in [0.15, 0.2) is 5.78 Å². The molecule has 104 valence electrons. The molecule has 0 aromatic carbocycles. The molecule has 19 heavy (non-hydrogen) atoms. The summed E-state index contributed by atoms with van der Waals surface area (Å²) < 4.78 is 0. The zero-order valence-corrected chi connectivity index (χ0v) is 12.5. The second-order valence-corrected chi connectivity index (χ2v) is 5.98. The molecule has 2 nitrogen and oxygen atoms in total. The summed E-state index contributed by atoms with van der Waals surface area (Å²) in [6.45, 7) is 8.12. The van der Waals surface area contributed by atoms with Crippen LogP contribution in [0.2, 0.25) is 0 Å². The van der Waals surface area contributed by atoms with Crippen LogP contribution in [-0.2, 0) is 9.59 Å². The molecule has 0 unspecified atom stereocenters. The van der Waals surface area contributed by atoms with Gasteiger partial charge in [0.2, 0.25) is 0 Å². The van der Waals surface area contributed by atoms with E-state index >= 15 is 0 Å². The third-order valence-corrected chi connectivity index (χ3v) is 3.64. The van der Waals surface area contributed by atoms with Crippen molar-refractivity contribution in [2.45, 2.75) is 53.4 Å². The molecule has 0 heterocycles. The second-order valence-electron chi connectivity index (χ2n) is 5.98. The zero-order valence-electron chi connectivity index (χ0n) is 12.5. The van der Waals surface area contributed by atoms with Gasteiger partial charge < -0.3 is 0 Å². The van der Waals surface area contributed by atoms with Crippen LogP contribution in [0.4, 0.5) is 0 Å². The first-order valence-corrected chi connectivity index (χ1v) is 6.91. The van der Waals surface area contributed by atoms with Gasteiger partial charge >= 0.3 is 0 Å². The first kappa shape index (κ1) is 15.6. The number of carbonyl (C=O) groups excluding carboxylic acids is 2. The molecule has 0 saturated carbocycles. The maximum absolute atomic E-state index is 11.7. The summed E-state index contributed by atoms with van der Waals surface area (Å²) in [5.74, 6) is 0.0166. The highest BCUT2D eigenvalue weighted by Crippen LogP contribution is 2.40. The Balaban J connectivity index is 2.72. The molecule has 0 radical (unpaired) electrons. The van der Waals surface area contributed by atoms with Crippen LogP contribution in [0.3, 0.4) is 0 Å². The maximum atomic E-state index is 11.7. The van der Waals surface area contributed by atoms with Crippen molar-refractivity contribution < 1.29 is 9.59 Å². The summed E-state index contributed by atoms with van der Waals surface area (Å²) in [5, 5.41) is 0. The maximum Gasteiger partial charge on any atom is 0.178 e. The third-order valence-electron chi connectivity index (χ3n) is 3.64. The van der Waals surface area contributed by atoms with E-state index in [0.29, 0.717) is 6.42 Å². The highest BCUT2D eigenvalue weighted by molar-refractivity contribution is 5.99. The topological polar surface area (TPSA) is 34.1 Å². The van der Waals surface area contributed by atoms with Gasteiger partial charge in [-0.2, -0.15) is 0 Å². The van der Waals surface area contributed by atoms with Gasteiger partial charge in [0.1, 0.15) is 5.78 Å². The molecular weight excluding hydrogens is 236 g/mol. The number of hydrogen-bond acceptors (Lipinski definition) is 2. The van der Waals surface area contributed by atoms with Gasteiger partial charge in [-0.1, -0.05) is 31.6 Å². The molecule has 0 bridgehead atoms. The van der Waals surface area contributed by atoms with Gasteiger partial charge in [0.05, 0.1) is 0 Å². The van der Waals surface area contributed by atoms with Crippen LogP contribution in [0.5, 0.6) is 0 Å². The number of hydrogen-bond donors (Lipinski definition) is 0. The minimum atomic E-state index is -0.0528. The smallest absolute Gasteiger partial charge is 0.178 e. The lowest BCUT2D eigenvalue weighted by molar-refractivity contribution is -0.116. The van der Waals surface area contributed by atoms with E-state index in [1.54, 1.807) is 12.2 Å². The fraction of sp³-hybridized carbons (Fsp3) is 0.529. The molecule has 1 aliphatic rings. The largest absolute Gasteiger partial charge is 0.300 e. The van der Waals surface area contributed by atoms with Crippen LogP contribution in [0.25, 0.3) is 0 Å². The average molecular weight is 260 g/mol. The average Bonchev–Trinajstić information content (AvgIpc) is 2.26. The molecule has 0 atom stereocenters. The summed E-state index contributed by atoms with van der Waals surface area (Å²) in [4.78, 5) is 22.4. The van der Waals surface area contributed by atoms with E-state index < -0.39 is 0 Å². The summed E-state index contributed by atoms with van der Waals surface area (Å²) in [5.41, 5.74) is 2.82. The monoisotopic (exact) mass is 260 g/mol. The van der Waals surface area contributed by atoms with E-state index in [2.05, 4.69) is 20.8 Å². The van der Waals surface area contributed by atoms with Crippen molar-refractivity contribution in [2.75, 3.05) is 0 Å². The Morgan fingerprint density at radius 1 is 1.26 bits per heavy atom. The van der Waals surface area contributed by atoms with E-state index in [9.17, 15) is 9.59 Å². The zero-order chi connectivity index (χ0) is 14.5. The molecule has 0 fully saturated rings. The molecule has 0 N–H and O–H groups in total. The van der Waals surface area contributed by atoms with Crippen molar-refractivity contribution in [1.82, 2.24) is 0 Å². The van der Waals surface area contributed by atoms with Gasteiger partial charge in [0, 0.05) is 6.42 Å². The SMILES string of the molecule is CC(=O)C/C=C/C(=O)/C=C/C1=C(C)CCCC1(C)C. The van der Waals surface area contributed by atoms with Gasteiger partial charge in [-0.25, -0.2) is 0 Å². The van der Waals surface area contributed by atoms with Crippen molar-refractivity contribution in [3.8, 4) is 0 Å². The van der Waals surface area contributed by atoms with E-state index in [1.165, 1.54) is 37.0 Å². The Bertz CT molecular complexity index is 448. The van der Waals surface area contributed by atoms with Crippen LogP contribution in [0, 0.1) is 5.41 Å². The standard InChI is InChI=1S/C17H24O2/c1-13-7-6-12-17(3,4)16(13)11-10-15(19)9-5-8-14(2)18/h5,9-11H,6-8,12H2,1-4H3/b9-5+,11-10+. The Morgan fingerprint density at radius 3 is 2.53 bits per heavy atom. The number of rotatable bonds is 5. The van der Waals surface area contributed by atoms with Crippen molar-refractivity contribution in [3.05, 3.63) is 35.5 Å². The molecule has 0 aliphatic heterocycles. The molecule has 2 heteroatoms. The minimum Gasteiger partial charge on any atom is -0.300 e. The molecule has 0 spiro atoms. The van der Waals surface area contributed by atoms with Crippen LogP contribution >= 0.6 is 0 Å². The van der Waals surface area contributed by atoms with Crippen molar-refractivity contribution in [2.24, 2.45) is 5.41 Å². The molecule has 1 rings (SSSR count). The fourth-order valence-electron chi connectivity index (χ4n) is 2.57. The summed E-state index contributed by atoms with van der Waals surface area (Å²) in [6.07, 6.45) is 10.5. The second kappa shape index (κ2) is 6.65. The summed E-state index contributed by atoms with van der Waals surface area (Å²) in [6, 6.07) is 0. The van der Waals surface area contributed by atoms with Gasteiger partial charge in [-0.15, -0.1) is 0 Å². The molecular formula is C17H24O2. The number of ketones is 2. The van der Waals surface area contributed by atoms with Crippen molar-refractivity contribution >= 4 is 11.6 Å². The van der Waals surface area contributed by atoms with Gasteiger partial charge in [-0.05, 0) is 56.3 Å². The molecule has 0 amide bonds. The molecule has 0 saturated heterocycles. The van der Waals surface area contributed by atoms with Gasteiger partial charge in [-0.3, -0.25) is 9.59 Å². The number of carbonyl (C=O) groups is 2. The minimum absolute atomic E-state index is 0.0528. The lowest BCUT2D eigenvalue weighted by Crippen LogP contribution is -2.19. The van der Waals surface area contributed by atoms with Crippen LogP contribution in [0.1, 0.15) is 53.4 Å². The quantitative estimate of drug-likeness (QED) is 0.695. The number of Topliss-reactive ketones (excluding diaryl/α,β-unsaturated/α-hetero) is 1. The van der Waals surface area contributed by atoms with Crippen molar-refractivity contribution in [3.63, 3.8) is 0 Å². The van der Waals surface area contributed by atoms with Crippen LogP contribution in [0.15, 0.2) is 35.5 Å². The van der Waals surface area contributed by atoms with E-state index in [1.807, 2.05) is 6.08 Å². The van der Waals surface area contributed by atoms with E-state index in [-0.39, 0.29) is 17.0 Å². The lowest BCUT2D eigenvalue weighted by Gasteiger charge is -2.32.